The molecule has 4 heteroatoms. The monoisotopic (exact) mass is 251 g/mol. The third-order valence-electron chi connectivity index (χ3n) is 3.65. The Kier molecular flexibility index (Phi) is 3.28. The number of para-hydroxylation sites is 1. The van der Waals surface area contributed by atoms with Gasteiger partial charge in [0.2, 0.25) is 0 Å². The molecular weight excluding hydrogens is 233 g/mol. The fourth-order valence-electron chi connectivity index (χ4n) is 2.34. The van der Waals surface area contributed by atoms with Crippen LogP contribution >= 0.6 is 0 Å². The van der Waals surface area contributed by atoms with Crippen molar-refractivity contribution in [1.82, 2.24) is 0 Å². The molecule has 0 atom stereocenters. The molecule has 1 fully saturated rings. The maximum Gasteiger partial charge on any atom is 0.337 e. The molecule has 0 amide bonds. The van der Waals surface area contributed by atoms with Crippen LogP contribution < -0.4 is 4.90 Å². The molecule has 1 N–H and O–H groups in total. The van der Waals surface area contributed by atoms with Crippen molar-refractivity contribution < 1.29 is 14.3 Å². The summed E-state index contributed by atoms with van der Waals surface area (Å²) in [4.78, 5) is 13.0. The Morgan fingerprint density at radius 2 is 1.94 bits per heavy atom. The van der Waals surface area contributed by atoms with Gasteiger partial charge in [0.05, 0.1) is 11.3 Å². The number of carboxylic acids is 1. The fraction of sp³-hybridized carbons (Fsp3) is 0.500. The molecule has 1 aliphatic heterocycles. The minimum atomic E-state index is -1.07. The first-order valence-corrected chi connectivity index (χ1v) is 6.17. The molecule has 18 heavy (non-hydrogen) atoms. The number of benzene rings is 1. The van der Waals surface area contributed by atoms with Gasteiger partial charge < -0.3 is 10.0 Å². The van der Waals surface area contributed by atoms with Gasteiger partial charge in [-0.25, -0.2) is 9.18 Å². The Hall–Kier alpha value is -1.58. The van der Waals surface area contributed by atoms with E-state index in [1.54, 1.807) is 0 Å². The number of rotatable bonds is 2. The van der Waals surface area contributed by atoms with Crippen LogP contribution in [0.25, 0.3) is 0 Å². The first kappa shape index (κ1) is 12.9. The van der Waals surface area contributed by atoms with Crippen molar-refractivity contribution in [3.05, 3.63) is 29.6 Å². The van der Waals surface area contributed by atoms with Crippen LogP contribution in [0.3, 0.4) is 0 Å². The van der Waals surface area contributed by atoms with E-state index in [4.69, 9.17) is 5.11 Å². The molecule has 1 heterocycles. The number of carboxylic acid groups (broad SMARTS) is 1. The maximum absolute atomic E-state index is 13.9. The predicted molar refractivity (Wildman–Crippen MR) is 68.6 cm³/mol. The van der Waals surface area contributed by atoms with E-state index in [9.17, 15) is 9.18 Å². The lowest BCUT2D eigenvalue weighted by Gasteiger charge is -2.38. The summed E-state index contributed by atoms with van der Waals surface area (Å²) in [5, 5.41) is 9.13. The zero-order valence-electron chi connectivity index (χ0n) is 10.7. The first-order chi connectivity index (χ1) is 8.41. The summed E-state index contributed by atoms with van der Waals surface area (Å²) in [7, 11) is 0. The molecule has 98 valence electrons. The molecule has 1 aromatic carbocycles. The van der Waals surface area contributed by atoms with Crippen molar-refractivity contribution >= 4 is 11.7 Å². The Morgan fingerprint density at radius 3 is 2.50 bits per heavy atom. The van der Waals surface area contributed by atoms with E-state index in [1.165, 1.54) is 18.2 Å². The van der Waals surface area contributed by atoms with E-state index in [0.717, 1.165) is 12.8 Å². The molecular formula is C14H18FNO2. The van der Waals surface area contributed by atoms with Gasteiger partial charge in [0, 0.05) is 13.1 Å². The molecule has 0 saturated carbocycles. The van der Waals surface area contributed by atoms with E-state index in [-0.39, 0.29) is 16.7 Å². The summed E-state index contributed by atoms with van der Waals surface area (Å²) in [6.07, 6.45) is 1.89. The lowest BCUT2D eigenvalue weighted by Crippen LogP contribution is -2.38. The second-order valence-electron chi connectivity index (χ2n) is 5.59. The standard InChI is InChI=1S/C14H18FNO2/c1-14(2)6-8-16(9-7-14)12-10(13(17)18)4-3-5-11(12)15/h3-5H,6-9H2,1-2H3,(H,17,18). The van der Waals surface area contributed by atoms with Crippen molar-refractivity contribution in [3.8, 4) is 0 Å². The van der Waals surface area contributed by atoms with Crippen LogP contribution in [0.15, 0.2) is 18.2 Å². The van der Waals surface area contributed by atoms with Crippen molar-refractivity contribution in [2.24, 2.45) is 5.41 Å². The molecule has 0 spiro atoms. The number of anilines is 1. The largest absolute Gasteiger partial charge is 0.478 e. The topological polar surface area (TPSA) is 40.5 Å². The molecule has 1 saturated heterocycles. The Bertz CT molecular complexity index is 461. The lowest BCUT2D eigenvalue weighted by molar-refractivity contribution is 0.0697. The van der Waals surface area contributed by atoms with E-state index >= 15 is 0 Å². The van der Waals surface area contributed by atoms with Crippen LogP contribution in [0.5, 0.6) is 0 Å². The Morgan fingerprint density at radius 1 is 1.33 bits per heavy atom. The summed E-state index contributed by atoms with van der Waals surface area (Å²) >= 11 is 0. The average Bonchev–Trinajstić information content (AvgIpc) is 2.29. The Labute approximate surface area is 106 Å². The molecule has 0 aliphatic carbocycles. The molecule has 1 aliphatic rings. The maximum atomic E-state index is 13.9. The van der Waals surface area contributed by atoms with Crippen molar-refractivity contribution in [1.29, 1.82) is 0 Å². The Balaban J connectivity index is 2.31. The summed E-state index contributed by atoms with van der Waals surface area (Å²) in [5.41, 5.74) is 0.542. The lowest BCUT2D eigenvalue weighted by atomic mass is 9.82. The highest BCUT2D eigenvalue weighted by Crippen LogP contribution is 2.34. The van der Waals surface area contributed by atoms with E-state index < -0.39 is 11.8 Å². The van der Waals surface area contributed by atoms with Crippen LogP contribution in [0, 0.1) is 11.2 Å². The molecule has 2 rings (SSSR count). The SMILES string of the molecule is CC1(C)CCN(c2c(F)cccc2C(=O)O)CC1. The van der Waals surface area contributed by atoms with Crippen LogP contribution in [0.1, 0.15) is 37.0 Å². The molecule has 0 unspecified atom stereocenters. The summed E-state index contributed by atoms with van der Waals surface area (Å²) in [5.74, 6) is -1.52. The van der Waals surface area contributed by atoms with Crippen molar-refractivity contribution in [3.63, 3.8) is 0 Å². The highest BCUT2D eigenvalue weighted by Gasteiger charge is 2.28. The normalized spacial score (nSPS) is 18.7. The number of halogens is 1. The molecule has 1 aromatic rings. The van der Waals surface area contributed by atoms with Crippen LogP contribution in [0.4, 0.5) is 10.1 Å². The molecule has 0 radical (unpaired) electrons. The quantitative estimate of drug-likeness (QED) is 0.877. The van der Waals surface area contributed by atoms with Gasteiger partial charge in [0.1, 0.15) is 5.82 Å². The minimum Gasteiger partial charge on any atom is -0.478 e. The van der Waals surface area contributed by atoms with Crippen molar-refractivity contribution in [2.75, 3.05) is 18.0 Å². The molecule has 3 nitrogen and oxygen atoms in total. The minimum absolute atomic E-state index is 0.0507. The smallest absolute Gasteiger partial charge is 0.337 e. The number of piperidine rings is 1. The molecule has 0 aromatic heterocycles. The van der Waals surface area contributed by atoms with E-state index in [2.05, 4.69) is 13.8 Å². The van der Waals surface area contributed by atoms with E-state index in [1.807, 2.05) is 4.90 Å². The van der Waals surface area contributed by atoms with Gasteiger partial charge in [-0.2, -0.15) is 0 Å². The van der Waals surface area contributed by atoms with Gasteiger partial charge in [-0.1, -0.05) is 19.9 Å². The van der Waals surface area contributed by atoms with Crippen LogP contribution in [-0.4, -0.2) is 24.2 Å². The van der Waals surface area contributed by atoms with Crippen molar-refractivity contribution in [2.45, 2.75) is 26.7 Å². The van der Waals surface area contributed by atoms with Crippen LogP contribution in [0.2, 0.25) is 0 Å². The number of carbonyl (C=O) groups is 1. The van der Waals surface area contributed by atoms with Gasteiger partial charge >= 0.3 is 5.97 Å². The van der Waals surface area contributed by atoms with Crippen LogP contribution in [-0.2, 0) is 0 Å². The summed E-state index contributed by atoms with van der Waals surface area (Å²) < 4.78 is 13.9. The third-order valence-corrected chi connectivity index (χ3v) is 3.65. The van der Waals surface area contributed by atoms with Gasteiger partial charge in [-0.05, 0) is 30.4 Å². The van der Waals surface area contributed by atoms with Gasteiger partial charge in [0.15, 0.2) is 0 Å². The number of hydrogen-bond donors (Lipinski definition) is 1. The number of aromatic carboxylic acids is 1. The highest BCUT2D eigenvalue weighted by molar-refractivity contribution is 5.94. The average molecular weight is 251 g/mol. The first-order valence-electron chi connectivity index (χ1n) is 6.17. The van der Waals surface area contributed by atoms with Gasteiger partial charge in [-0.3, -0.25) is 0 Å². The third kappa shape index (κ3) is 2.47. The summed E-state index contributed by atoms with van der Waals surface area (Å²) in [6.45, 7) is 5.77. The van der Waals surface area contributed by atoms with E-state index in [0.29, 0.717) is 13.1 Å². The fourth-order valence-corrected chi connectivity index (χ4v) is 2.34. The van der Waals surface area contributed by atoms with Gasteiger partial charge in [-0.15, -0.1) is 0 Å². The zero-order chi connectivity index (χ0) is 13.3. The zero-order valence-corrected chi connectivity index (χ0v) is 10.7. The second kappa shape index (κ2) is 4.59. The summed E-state index contributed by atoms with van der Waals surface area (Å²) in [6, 6.07) is 4.22. The second-order valence-corrected chi connectivity index (χ2v) is 5.59. The highest BCUT2D eigenvalue weighted by atomic mass is 19.1. The molecule has 0 bridgehead atoms. The predicted octanol–water partition coefficient (Wildman–Crippen LogP) is 3.15. The number of hydrogen-bond acceptors (Lipinski definition) is 2. The number of nitrogens with zero attached hydrogens (tertiary/aromatic N) is 1. The van der Waals surface area contributed by atoms with Gasteiger partial charge in [0.25, 0.3) is 0 Å².